The molecule has 20 heavy (non-hydrogen) atoms. The second-order valence-electron chi connectivity index (χ2n) is 4.21. The average molecular weight is 291 g/mol. The van der Waals surface area contributed by atoms with E-state index in [1.807, 2.05) is 6.92 Å². The van der Waals surface area contributed by atoms with Crippen LogP contribution in [0.2, 0.25) is 0 Å². The summed E-state index contributed by atoms with van der Waals surface area (Å²) in [4.78, 5) is 31.3. The lowest BCUT2D eigenvalue weighted by atomic mass is 10.2. The Kier molecular flexibility index (Phi) is 4.09. The van der Waals surface area contributed by atoms with Crippen LogP contribution in [-0.2, 0) is 11.2 Å². The number of anilines is 1. The van der Waals surface area contributed by atoms with Crippen LogP contribution in [0.5, 0.6) is 0 Å². The van der Waals surface area contributed by atoms with Crippen LogP contribution in [0.1, 0.15) is 26.1 Å². The number of rotatable bonds is 4. The molecule has 0 unspecified atom stereocenters. The number of hydrogen-bond donors (Lipinski definition) is 2. The van der Waals surface area contributed by atoms with Crippen molar-refractivity contribution >= 4 is 28.9 Å². The van der Waals surface area contributed by atoms with Crippen molar-refractivity contribution in [3.8, 4) is 0 Å². The third-order valence-electron chi connectivity index (χ3n) is 2.52. The number of thiazole rings is 1. The van der Waals surface area contributed by atoms with E-state index in [0.717, 1.165) is 5.01 Å². The van der Waals surface area contributed by atoms with Gasteiger partial charge in [0.05, 0.1) is 34.7 Å². The largest absolute Gasteiger partial charge is 0.481 e. The van der Waals surface area contributed by atoms with Gasteiger partial charge >= 0.3 is 5.97 Å². The fourth-order valence-corrected chi connectivity index (χ4v) is 2.50. The summed E-state index contributed by atoms with van der Waals surface area (Å²) in [5.74, 6) is -1.18. The van der Waals surface area contributed by atoms with Gasteiger partial charge in [-0.25, -0.2) is 4.98 Å². The van der Waals surface area contributed by atoms with Crippen LogP contribution in [0.3, 0.4) is 0 Å². The van der Waals surface area contributed by atoms with E-state index in [9.17, 15) is 9.59 Å². The molecule has 0 fully saturated rings. The highest BCUT2D eigenvalue weighted by Crippen LogP contribution is 2.18. The zero-order chi connectivity index (χ0) is 14.7. The quantitative estimate of drug-likeness (QED) is 0.899. The van der Waals surface area contributed by atoms with Crippen molar-refractivity contribution in [1.29, 1.82) is 0 Å². The molecule has 0 aliphatic heterocycles. The van der Waals surface area contributed by atoms with E-state index in [2.05, 4.69) is 15.3 Å². The third-order valence-corrected chi connectivity index (χ3v) is 3.60. The minimum atomic E-state index is -0.940. The van der Waals surface area contributed by atoms with Crippen LogP contribution in [0.4, 0.5) is 5.69 Å². The molecule has 2 aromatic heterocycles. The van der Waals surface area contributed by atoms with E-state index in [1.54, 1.807) is 19.1 Å². The summed E-state index contributed by atoms with van der Waals surface area (Å²) in [5, 5.41) is 12.2. The minimum absolute atomic E-state index is 0.138. The van der Waals surface area contributed by atoms with Crippen LogP contribution in [0.15, 0.2) is 18.3 Å². The van der Waals surface area contributed by atoms with E-state index in [-0.39, 0.29) is 12.3 Å². The highest BCUT2D eigenvalue weighted by Gasteiger charge is 2.14. The smallest absolute Gasteiger partial charge is 0.309 e. The Bertz CT molecular complexity index is 649. The molecule has 6 nitrogen and oxygen atoms in total. The molecule has 0 saturated carbocycles. The first-order valence-electron chi connectivity index (χ1n) is 5.88. The van der Waals surface area contributed by atoms with E-state index < -0.39 is 5.97 Å². The number of amides is 1. The molecule has 2 N–H and O–H groups in total. The number of carbonyl (C=O) groups is 2. The van der Waals surface area contributed by atoms with Crippen LogP contribution in [0, 0.1) is 13.8 Å². The maximum atomic E-state index is 12.0. The predicted molar refractivity (Wildman–Crippen MR) is 75.1 cm³/mol. The summed E-state index contributed by atoms with van der Waals surface area (Å²) in [7, 11) is 0. The van der Waals surface area contributed by atoms with Gasteiger partial charge in [-0.2, -0.15) is 0 Å². The number of carboxylic acids is 1. The van der Waals surface area contributed by atoms with E-state index in [4.69, 9.17) is 5.11 Å². The lowest BCUT2D eigenvalue weighted by Gasteiger charge is -2.04. The second-order valence-corrected chi connectivity index (χ2v) is 5.41. The van der Waals surface area contributed by atoms with Gasteiger partial charge in [0.1, 0.15) is 4.88 Å². The lowest BCUT2D eigenvalue weighted by Crippen LogP contribution is -2.12. The molecule has 0 spiro atoms. The predicted octanol–water partition coefficient (Wildman–Crippen LogP) is 2.03. The molecular formula is C13H13N3O3S. The van der Waals surface area contributed by atoms with Gasteiger partial charge in [0.25, 0.3) is 5.91 Å². The van der Waals surface area contributed by atoms with E-state index in [1.165, 1.54) is 17.5 Å². The van der Waals surface area contributed by atoms with Crippen LogP contribution in [-0.4, -0.2) is 27.0 Å². The molecule has 0 atom stereocenters. The Hall–Kier alpha value is -2.28. The average Bonchev–Trinajstić information content (AvgIpc) is 2.70. The highest BCUT2D eigenvalue weighted by molar-refractivity contribution is 7.13. The first-order chi connectivity index (χ1) is 9.45. The van der Waals surface area contributed by atoms with Crippen LogP contribution < -0.4 is 5.32 Å². The van der Waals surface area contributed by atoms with Gasteiger partial charge < -0.3 is 10.4 Å². The lowest BCUT2D eigenvalue weighted by molar-refractivity contribution is -0.136. The van der Waals surface area contributed by atoms with Gasteiger partial charge in [-0.3, -0.25) is 14.6 Å². The normalized spacial score (nSPS) is 10.3. The van der Waals surface area contributed by atoms with Crippen molar-refractivity contribution in [2.75, 3.05) is 5.32 Å². The molecule has 2 rings (SSSR count). The standard InChI is InChI=1S/C13H13N3O3S/c1-7-12(20-8(2)15-7)13(19)16-10-4-3-9(14-6-10)5-11(17)18/h3-4,6H,5H2,1-2H3,(H,16,19)(H,17,18). The fraction of sp³-hybridized carbons (Fsp3) is 0.231. The zero-order valence-electron chi connectivity index (χ0n) is 11.0. The molecule has 0 saturated heterocycles. The molecule has 2 aromatic rings. The maximum absolute atomic E-state index is 12.0. The summed E-state index contributed by atoms with van der Waals surface area (Å²) >= 11 is 1.33. The second kappa shape index (κ2) is 5.79. The van der Waals surface area contributed by atoms with Crippen molar-refractivity contribution in [3.05, 3.63) is 39.6 Å². The summed E-state index contributed by atoms with van der Waals surface area (Å²) in [6, 6.07) is 3.21. The number of hydrogen-bond acceptors (Lipinski definition) is 5. The molecule has 0 aliphatic rings. The van der Waals surface area contributed by atoms with Crippen molar-refractivity contribution in [1.82, 2.24) is 9.97 Å². The first-order valence-corrected chi connectivity index (χ1v) is 6.69. The number of aliphatic carboxylic acids is 1. The fourth-order valence-electron chi connectivity index (χ4n) is 1.69. The van der Waals surface area contributed by atoms with Crippen molar-refractivity contribution < 1.29 is 14.7 Å². The number of aryl methyl sites for hydroxylation is 2. The summed E-state index contributed by atoms with van der Waals surface area (Å²) in [5.41, 5.74) is 1.66. The molecular weight excluding hydrogens is 278 g/mol. The van der Waals surface area contributed by atoms with Crippen LogP contribution in [0.25, 0.3) is 0 Å². The van der Waals surface area contributed by atoms with Crippen LogP contribution >= 0.6 is 11.3 Å². The number of nitrogens with one attached hydrogen (secondary N) is 1. The first kappa shape index (κ1) is 14.1. The van der Waals surface area contributed by atoms with Gasteiger partial charge in [0, 0.05) is 0 Å². The van der Waals surface area contributed by atoms with Gasteiger partial charge in [0.15, 0.2) is 0 Å². The van der Waals surface area contributed by atoms with Gasteiger partial charge in [-0.15, -0.1) is 11.3 Å². The Morgan fingerprint density at radius 1 is 1.35 bits per heavy atom. The summed E-state index contributed by atoms with van der Waals surface area (Å²) in [6.07, 6.45) is 1.31. The molecule has 0 aliphatic carbocycles. The number of aromatic nitrogens is 2. The summed E-state index contributed by atoms with van der Waals surface area (Å²) < 4.78 is 0. The zero-order valence-corrected chi connectivity index (χ0v) is 11.8. The van der Waals surface area contributed by atoms with E-state index in [0.29, 0.717) is 22.0 Å². The topological polar surface area (TPSA) is 92.2 Å². The summed E-state index contributed by atoms with van der Waals surface area (Å²) in [6.45, 7) is 3.63. The SMILES string of the molecule is Cc1nc(C)c(C(=O)Nc2ccc(CC(=O)O)nc2)s1. The monoisotopic (exact) mass is 291 g/mol. The Morgan fingerprint density at radius 2 is 2.10 bits per heavy atom. The Morgan fingerprint density at radius 3 is 2.60 bits per heavy atom. The molecule has 1 amide bonds. The van der Waals surface area contributed by atoms with Crippen molar-refractivity contribution in [3.63, 3.8) is 0 Å². The molecule has 0 radical (unpaired) electrons. The van der Waals surface area contributed by atoms with Gasteiger partial charge in [-0.1, -0.05) is 0 Å². The number of carboxylic acid groups (broad SMARTS) is 1. The van der Waals surface area contributed by atoms with Crippen molar-refractivity contribution in [2.24, 2.45) is 0 Å². The van der Waals surface area contributed by atoms with Gasteiger partial charge in [0.2, 0.25) is 0 Å². The van der Waals surface area contributed by atoms with E-state index >= 15 is 0 Å². The third kappa shape index (κ3) is 3.39. The number of pyridine rings is 1. The Balaban J connectivity index is 2.08. The molecule has 104 valence electrons. The van der Waals surface area contributed by atoms with Gasteiger partial charge in [-0.05, 0) is 26.0 Å². The minimum Gasteiger partial charge on any atom is -0.481 e. The molecule has 0 aromatic carbocycles. The maximum Gasteiger partial charge on any atom is 0.309 e. The Labute approximate surface area is 119 Å². The number of carbonyl (C=O) groups excluding carboxylic acids is 1. The molecule has 7 heteroatoms. The highest BCUT2D eigenvalue weighted by atomic mass is 32.1. The molecule has 2 heterocycles. The van der Waals surface area contributed by atoms with Crippen molar-refractivity contribution in [2.45, 2.75) is 20.3 Å². The number of nitrogens with zero attached hydrogens (tertiary/aromatic N) is 2. The molecule has 0 bridgehead atoms.